The highest BCUT2D eigenvalue weighted by atomic mass is 32.2. The van der Waals surface area contributed by atoms with Crippen LogP contribution in [0.2, 0.25) is 0 Å². The molecule has 2 aromatic heterocycles. The quantitative estimate of drug-likeness (QED) is 0.174. The molecule has 1 aromatic carbocycles. The second-order valence-electron chi connectivity index (χ2n) is 10.0. The van der Waals surface area contributed by atoms with Crippen molar-refractivity contribution in [2.75, 3.05) is 26.1 Å². The third kappa shape index (κ3) is 8.69. The van der Waals surface area contributed by atoms with Crippen LogP contribution in [0.5, 0.6) is 5.75 Å². The van der Waals surface area contributed by atoms with Crippen LogP contribution in [0.3, 0.4) is 0 Å². The molecule has 3 atom stereocenters. The first kappa shape index (κ1) is 30.3. The number of pyridine rings is 1. The van der Waals surface area contributed by atoms with Crippen molar-refractivity contribution in [3.05, 3.63) is 42.2 Å². The van der Waals surface area contributed by atoms with Gasteiger partial charge in [-0.1, -0.05) is 6.07 Å². The van der Waals surface area contributed by atoms with Crippen molar-refractivity contribution in [2.45, 2.75) is 63.7 Å². The van der Waals surface area contributed by atoms with Crippen molar-refractivity contribution < 1.29 is 39.8 Å². The molecule has 0 aliphatic carbocycles. The van der Waals surface area contributed by atoms with Crippen molar-refractivity contribution in [3.8, 4) is 17.0 Å². The maximum absolute atomic E-state index is 11.5. The summed E-state index contributed by atoms with van der Waals surface area (Å²) in [4.78, 5) is 4.32. The van der Waals surface area contributed by atoms with Crippen molar-refractivity contribution in [1.29, 1.82) is 0 Å². The molecular weight excluding hydrogens is 562 g/mol. The SMILES string of the molecule is C[C@H](CCOC[C@H](C)Oc1cncc(-c2nn(C3CCCCO3)c3ccc(CS(=O)(=O)O)cc23)c1)OS(C)(=O)=O. The van der Waals surface area contributed by atoms with Crippen LogP contribution in [0.4, 0.5) is 0 Å². The smallest absolute Gasteiger partial charge is 0.269 e. The van der Waals surface area contributed by atoms with Gasteiger partial charge in [0.1, 0.15) is 23.3 Å². The molecule has 0 saturated carbocycles. The molecule has 40 heavy (non-hydrogen) atoms. The van der Waals surface area contributed by atoms with Crippen LogP contribution in [-0.4, -0.2) is 74.4 Å². The zero-order valence-electron chi connectivity index (χ0n) is 22.7. The molecule has 0 spiro atoms. The summed E-state index contributed by atoms with van der Waals surface area (Å²) in [6.07, 6.45) is 6.41. The Bertz CT molecular complexity index is 1520. The summed E-state index contributed by atoms with van der Waals surface area (Å²) in [7, 11) is -7.72. The van der Waals surface area contributed by atoms with Gasteiger partial charge < -0.3 is 14.2 Å². The van der Waals surface area contributed by atoms with Gasteiger partial charge in [-0.25, -0.2) is 4.68 Å². The topological polar surface area (TPSA) is 156 Å². The molecule has 14 heteroatoms. The Hall–Kier alpha value is -2.62. The molecule has 3 aromatic rings. The van der Waals surface area contributed by atoms with Gasteiger partial charge in [0.05, 0.1) is 30.7 Å². The lowest BCUT2D eigenvalue weighted by Gasteiger charge is -2.23. The van der Waals surface area contributed by atoms with E-state index in [0.29, 0.717) is 47.6 Å². The van der Waals surface area contributed by atoms with E-state index in [0.717, 1.165) is 31.0 Å². The lowest BCUT2D eigenvalue weighted by Crippen LogP contribution is -2.21. The van der Waals surface area contributed by atoms with Gasteiger partial charge in [0, 0.05) is 30.4 Å². The van der Waals surface area contributed by atoms with Crippen LogP contribution >= 0.6 is 0 Å². The molecule has 3 heterocycles. The first-order valence-corrected chi connectivity index (χ1v) is 16.5. The maximum atomic E-state index is 11.5. The first-order chi connectivity index (χ1) is 18.9. The van der Waals surface area contributed by atoms with Crippen LogP contribution in [-0.2, 0) is 39.6 Å². The molecule has 12 nitrogen and oxygen atoms in total. The fourth-order valence-corrected chi connectivity index (χ4v) is 5.86. The number of nitrogens with zero attached hydrogens (tertiary/aromatic N) is 3. The Labute approximate surface area is 234 Å². The molecule has 0 bridgehead atoms. The van der Waals surface area contributed by atoms with Gasteiger partial charge in [0.25, 0.3) is 20.2 Å². The number of aromatic nitrogens is 3. The van der Waals surface area contributed by atoms with Crippen LogP contribution in [0.15, 0.2) is 36.7 Å². The molecule has 0 radical (unpaired) electrons. The number of ether oxygens (including phenoxy) is 3. The highest BCUT2D eigenvalue weighted by Crippen LogP contribution is 2.34. The third-order valence-corrected chi connectivity index (χ3v) is 7.61. The number of hydrogen-bond donors (Lipinski definition) is 1. The largest absolute Gasteiger partial charge is 0.487 e. The standard InChI is InChI=1S/C26H35N3O9S2/c1-18(38-39(3,30)31)9-11-35-16-19(2)37-22-13-21(14-27-15-22)26-23-12-20(17-40(32,33)34)7-8-24(23)29(28-26)25-6-4-5-10-36-25/h7-8,12-15,18-19,25H,4-6,9-11,16-17H2,1-3H3,(H,32,33,34)/t18-,19+,25?/m1/s1. The van der Waals surface area contributed by atoms with E-state index in [4.69, 9.17) is 23.5 Å². The molecule has 1 N–H and O–H groups in total. The van der Waals surface area contributed by atoms with Crippen molar-refractivity contribution in [2.24, 2.45) is 0 Å². The minimum absolute atomic E-state index is 0.243. The van der Waals surface area contributed by atoms with Crippen LogP contribution in [0.1, 0.15) is 51.3 Å². The van der Waals surface area contributed by atoms with Gasteiger partial charge in [-0.3, -0.25) is 13.7 Å². The second-order valence-corrected chi connectivity index (χ2v) is 13.1. The second kappa shape index (κ2) is 12.9. The third-order valence-electron chi connectivity index (χ3n) is 6.23. The summed E-state index contributed by atoms with van der Waals surface area (Å²) in [6.45, 7) is 4.72. The van der Waals surface area contributed by atoms with Gasteiger partial charge >= 0.3 is 0 Å². The molecule has 220 valence electrons. The summed E-state index contributed by atoms with van der Waals surface area (Å²) < 4.78 is 79.1. The van der Waals surface area contributed by atoms with Gasteiger partial charge in [0.15, 0.2) is 6.23 Å². The molecule has 1 saturated heterocycles. The Morgan fingerprint density at radius 3 is 2.62 bits per heavy atom. The molecule has 1 fully saturated rings. The van der Waals surface area contributed by atoms with Crippen LogP contribution < -0.4 is 4.74 Å². The number of hydrogen-bond acceptors (Lipinski definition) is 10. The molecule has 4 rings (SSSR count). The fourth-order valence-electron chi connectivity index (χ4n) is 4.56. The van der Waals surface area contributed by atoms with E-state index in [1.165, 1.54) is 0 Å². The average molecular weight is 598 g/mol. The summed E-state index contributed by atoms with van der Waals surface area (Å²) in [5.41, 5.74) is 2.47. The highest BCUT2D eigenvalue weighted by molar-refractivity contribution is 7.86. The molecule has 1 unspecified atom stereocenters. The van der Waals surface area contributed by atoms with Crippen molar-refractivity contribution in [3.63, 3.8) is 0 Å². The van der Waals surface area contributed by atoms with Gasteiger partial charge in [-0.05, 0) is 63.3 Å². The van der Waals surface area contributed by atoms with E-state index < -0.39 is 32.1 Å². The summed E-state index contributed by atoms with van der Waals surface area (Å²) in [5.74, 6) is -0.0148. The van der Waals surface area contributed by atoms with E-state index in [9.17, 15) is 21.4 Å². The molecular formula is C26H35N3O9S2. The van der Waals surface area contributed by atoms with Crippen LogP contribution in [0, 0.1) is 0 Å². The molecule has 1 aliphatic rings. The number of benzene rings is 1. The lowest BCUT2D eigenvalue weighted by molar-refractivity contribution is -0.0365. The van der Waals surface area contributed by atoms with E-state index in [1.54, 1.807) is 43.6 Å². The molecule has 0 amide bonds. The van der Waals surface area contributed by atoms with Crippen LogP contribution in [0.25, 0.3) is 22.2 Å². The normalized spacial score (nSPS) is 18.1. The van der Waals surface area contributed by atoms with E-state index in [-0.39, 0.29) is 18.9 Å². The minimum atomic E-state index is -4.21. The van der Waals surface area contributed by atoms with E-state index in [2.05, 4.69) is 4.98 Å². The average Bonchev–Trinajstić information content (AvgIpc) is 3.24. The number of fused-ring (bicyclic) bond motifs is 1. The highest BCUT2D eigenvalue weighted by Gasteiger charge is 2.23. The zero-order valence-corrected chi connectivity index (χ0v) is 24.4. The summed E-state index contributed by atoms with van der Waals surface area (Å²) in [5, 5.41) is 5.55. The first-order valence-electron chi connectivity index (χ1n) is 13.0. The van der Waals surface area contributed by atoms with Gasteiger partial charge in [0.2, 0.25) is 0 Å². The van der Waals surface area contributed by atoms with Gasteiger partial charge in [-0.15, -0.1) is 0 Å². The van der Waals surface area contributed by atoms with E-state index >= 15 is 0 Å². The molecule has 1 aliphatic heterocycles. The minimum Gasteiger partial charge on any atom is -0.487 e. The zero-order chi connectivity index (χ0) is 28.9. The summed E-state index contributed by atoms with van der Waals surface area (Å²) in [6, 6.07) is 6.96. The van der Waals surface area contributed by atoms with Gasteiger partial charge in [-0.2, -0.15) is 21.9 Å². The lowest BCUT2D eigenvalue weighted by atomic mass is 10.1. The number of rotatable bonds is 13. The van der Waals surface area contributed by atoms with Crippen molar-refractivity contribution in [1.82, 2.24) is 14.8 Å². The predicted octanol–water partition coefficient (Wildman–Crippen LogP) is 3.72. The Morgan fingerprint density at radius 1 is 1.12 bits per heavy atom. The predicted molar refractivity (Wildman–Crippen MR) is 148 cm³/mol. The monoisotopic (exact) mass is 597 g/mol. The maximum Gasteiger partial charge on any atom is 0.269 e. The Kier molecular flexibility index (Phi) is 9.80. The van der Waals surface area contributed by atoms with E-state index in [1.807, 2.05) is 11.6 Å². The summed E-state index contributed by atoms with van der Waals surface area (Å²) >= 11 is 0. The Balaban J connectivity index is 1.51. The van der Waals surface area contributed by atoms with Crippen molar-refractivity contribution >= 4 is 31.1 Å². The fraction of sp³-hybridized carbons (Fsp3) is 0.538. The Morgan fingerprint density at radius 2 is 1.93 bits per heavy atom.